The molecule has 0 atom stereocenters. The third kappa shape index (κ3) is 5.63. The van der Waals surface area contributed by atoms with E-state index in [0.29, 0.717) is 16.3 Å². The van der Waals surface area contributed by atoms with Crippen molar-refractivity contribution in [3.8, 4) is 11.5 Å². The summed E-state index contributed by atoms with van der Waals surface area (Å²) < 4.78 is 65.5. The molecule has 0 bridgehead atoms. The summed E-state index contributed by atoms with van der Waals surface area (Å²) in [6, 6.07) is 13.9. The van der Waals surface area contributed by atoms with Crippen LogP contribution in [0, 0.1) is 5.82 Å². The van der Waals surface area contributed by atoms with Crippen molar-refractivity contribution in [2.24, 2.45) is 5.10 Å². The molecule has 1 aliphatic rings. The van der Waals surface area contributed by atoms with Crippen molar-refractivity contribution in [3.63, 3.8) is 0 Å². The normalized spacial score (nSPS) is 14.9. The molecule has 0 saturated heterocycles. The number of rotatable bonds is 6. The van der Waals surface area contributed by atoms with E-state index in [1.165, 1.54) is 67.8 Å². The fraction of sp³-hybridized carbons (Fsp3) is 0.120. The van der Waals surface area contributed by atoms with Crippen LogP contribution >= 0.6 is 23.2 Å². The van der Waals surface area contributed by atoms with Crippen molar-refractivity contribution >= 4 is 46.6 Å². The summed E-state index contributed by atoms with van der Waals surface area (Å²) in [4.78, 5) is 13.0. The van der Waals surface area contributed by atoms with E-state index < -0.39 is 29.2 Å². The molecule has 3 aromatic rings. The van der Waals surface area contributed by atoms with Crippen LogP contribution in [0.1, 0.15) is 11.1 Å². The molecule has 1 aliphatic heterocycles. The Hall–Kier alpha value is -3.56. The summed E-state index contributed by atoms with van der Waals surface area (Å²) in [5.41, 5.74) is -1.16. The Kier molecular flexibility index (Phi) is 7.23. The minimum atomic E-state index is -4.91. The van der Waals surface area contributed by atoms with Crippen LogP contribution in [0.25, 0.3) is 6.08 Å². The van der Waals surface area contributed by atoms with Gasteiger partial charge in [-0.05, 0) is 59.7 Å². The van der Waals surface area contributed by atoms with E-state index in [1.54, 1.807) is 0 Å². The fourth-order valence-electron chi connectivity index (χ4n) is 3.39. The highest BCUT2D eigenvalue weighted by Crippen LogP contribution is 2.36. The second-order valence-corrected chi connectivity index (χ2v) is 8.45. The first-order chi connectivity index (χ1) is 17.0. The summed E-state index contributed by atoms with van der Waals surface area (Å²) in [5, 5.41) is 4.37. The first-order valence-electron chi connectivity index (χ1n) is 10.3. The van der Waals surface area contributed by atoms with Gasteiger partial charge in [0.2, 0.25) is 0 Å². The monoisotopic (exact) mass is 538 g/mol. The molecule has 0 N–H and O–H groups in total. The lowest BCUT2D eigenvalue weighted by Gasteiger charge is -2.13. The average Bonchev–Trinajstić information content (AvgIpc) is 3.14. The number of hydrogen-bond acceptors (Lipinski definition) is 4. The maximum Gasteiger partial charge on any atom is 0.435 e. The summed E-state index contributed by atoms with van der Waals surface area (Å²) in [5.74, 6) is -0.879. The Bertz CT molecular complexity index is 1350. The summed E-state index contributed by atoms with van der Waals surface area (Å²) >= 11 is 11.9. The zero-order valence-corrected chi connectivity index (χ0v) is 20.0. The van der Waals surface area contributed by atoms with E-state index in [0.717, 1.165) is 6.08 Å². The van der Waals surface area contributed by atoms with Crippen LogP contribution in [-0.2, 0) is 11.4 Å². The number of carbonyl (C=O) groups is 1. The Balaban J connectivity index is 1.68. The highest BCUT2D eigenvalue weighted by Gasteiger charge is 2.46. The van der Waals surface area contributed by atoms with Gasteiger partial charge in [0.05, 0.1) is 18.4 Å². The molecule has 0 spiro atoms. The molecule has 11 heteroatoms. The predicted octanol–water partition coefficient (Wildman–Crippen LogP) is 7.07. The van der Waals surface area contributed by atoms with Crippen molar-refractivity contribution in [2.45, 2.75) is 12.8 Å². The molecule has 5 nitrogen and oxygen atoms in total. The molecule has 36 heavy (non-hydrogen) atoms. The second kappa shape index (κ2) is 10.2. The first kappa shape index (κ1) is 25.5. The molecule has 3 aromatic carbocycles. The SMILES string of the molecule is COc1ccc(/C=C2\C(=O)N(c3cc(Cl)cc(Cl)c3)N=C2C(F)(F)F)cc1OCc1ccc(F)cc1. The van der Waals surface area contributed by atoms with Crippen molar-refractivity contribution in [1.82, 2.24) is 0 Å². The van der Waals surface area contributed by atoms with E-state index in [-0.39, 0.29) is 33.7 Å². The van der Waals surface area contributed by atoms with Gasteiger partial charge in [0.15, 0.2) is 17.2 Å². The predicted molar refractivity (Wildman–Crippen MR) is 129 cm³/mol. The Morgan fingerprint density at radius 3 is 2.25 bits per heavy atom. The van der Waals surface area contributed by atoms with Gasteiger partial charge in [-0.2, -0.15) is 23.3 Å². The maximum atomic E-state index is 13.8. The van der Waals surface area contributed by atoms with Crippen molar-refractivity contribution < 1.29 is 31.8 Å². The van der Waals surface area contributed by atoms with Crippen LogP contribution in [0.5, 0.6) is 11.5 Å². The number of ether oxygens (including phenoxy) is 2. The average molecular weight is 539 g/mol. The van der Waals surface area contributed by atoms with Crippen LogP contribution in [0.3, 0.4) is 0 Å². The third-order valence-corrected chi connectivity index (χ3v) is 5.48. The van der Waals surface area contributed by atoms with Gasteiger partial charge in [0, 0.05) is 10.0 Å². The Morgan fingerprint density at radius 1 is 0.972 bits per heavy atom. The molecule has 1 heterocycles. The van der Waals surface area contributed by atoms with Crippen LogP contribution in [-0.4, -0.2) is 24.9 Å². The van der Waals surface area contributed by atoms with Gasteiger partial charge in [0.25, 0.3) is 5.91 Å². The van der Waals surface area contributed by atoms with Crippen molar-refractivity contribution in [3.05, 3.63) is 93.2 Å². The molecular weight excluding hydrogens is 523 g/mol. The van der Waals surface area contributed by atoms with Crippen LogP contribution in [0.2, 0.25) is 10.0 Å². The topological polar surface area (TPSA) is 51.1 Å². The minimum absolute atomic E-state index is 0.0132. The van der Waals surface area contributed by atoms with E-state index in [2.05, 4.69) is 5.10 Å². The van der Waals surface area contributed by atoms with Gasteiger partial charge < -0.3 is 9.47 Å². The van der Waals surface area contributed by atoms with Gasteiger partial charge >= 0.3 is 6.18 Å². The molecule has 0 aliphatic carbocycles. The lowest BCUT2D eigenvalue weighted by Crippen LogP contribution is -2.25. The van der Waals surface area contributed by atoms with E-state index >= 15 is 0 Å². The van der Waals surface area contributed by atoms with Gasteiger partial charge in [-0.15, -0.1) is 0 Å². The van der Waals surface area contributed by atoms with Crippen LogP contribution in [0.4, 0.5) is 23.2 Å². The standard InChI is InChI=1S/C25H16Cl2F4N2O3/c1-35-21-7-4-15(9-22(21)36-13-14-2-5-18(28)6-3-14)8-20-23(25(29,30)31)32-33(24(20)34)19-11-16(26)10-17(27)12-19/h2-12H,13H2,1H3/b20-8-. The molecular formula is C25H16Cl2F4N2O3. The van der Waals surface area contributed by atoms with Gasteiger partial charge in [0.1, 0.15) is 12.4 Å². The molecule has 0 saturated carbocycles. The number of nitrogens with zero attached hydrogens (tertiary/aromatic N) is 2. The molecule has 0 unspecified atom stereocenters. The molecule has 0 radical (unpaired) electrons. The maximum absolute atomic E-state index is 13.8. The molecule has 0 aromatic heterocycles. The fourth-order valence-corrected chi connectivity index (χ4v) is 3.91. The number of benzene rings is 3. The minimum Gasteiger partial charge on any atom is -0.493 e. The van der Waals surface area contributed by atoms with E-state index in [9.17, 15) is 22.4 Å². The van der Waals surface area contributed by atoms with E-state index in [1.807, 2.05) is 0 Å². The number of anilines is 1. The quantitative estimate of drug-likeness (QED) is 0.249. The van der Waals surface area contributed by atoms with Gasteiger partial charge in [-0.3, -0.25) is 4.79 Å². The zero-order valence-electron chi connectivity index (χ0n) is 18.4. The smallest absolute Gasteiger partial charge is 0.435 e. The van der Waals surface area contributed by atoms with Crippen LogP contribution < -0.4 is 14.5 Å². The Labute approximate surface area is 213 Å². The summed E-state index contributed by atoms with van der Waals surface area (Å²) in [6.45, 7) is 0.0498. The molecule has 1 amide bonds. The molecule has 4 rings (SSSR count). The largest absolute Gasteiger partial charge is 0.493 e. The number of hydrazone groups is 1. The molecule has 0 fully saturated rings. The highest BCUT2D eigenvalue weighted by molar-refractivity contribution is 6.37. The Morgan fingerprint density at radius 2 is 1.64 bits per heavy atom. The number of methoxy groups -OCH3 is 1. The third-order valence-electron chi connectivity index (χ3n) is 5.04. The number of amides is 1. The lowest BCUT2D eigenvalue weighted by atomic mass is 10.1. The zero-order chi connectivity index (χ0) is 26.0. The first-order valence-corrected chi connectivity index (χ1v) is 11.0. The van der Waals surface area contributed by atoms with Crippen LogP contribution in [0.15, 0.2) is 71.3 Å². The number of alkyl halides is 3. The van der Waals surface area contributed by atoms with Gasteiger partial charge in [-0.1, -0.05) is 41.4 Å². The highest BCUT2D eigenvalue weighted by atomic mass is 35.5. The van der Waals surface area contributed by atoms with Crippen molar-refractivity contribution in [2.75, 3.05) is 12.1 Å². The summed E-state index contributed by atoms with van der Waals surface area (Å²) in [6.07, 6.45) is -3.85. The number of hydrogen-bond donors (Lipinski definition) is 0. The molecule has 186 valence electrons. The lowest BCUT2D eigenvalue weighted by molar-refractivity contribution is -0.114. The number of carbonyl (C=O) groups excluding carboxylic acids is 1. The second-order valence-electron chi connectivity index (χ2n) is 7.57. The van der Waals surface area contributed by atoms with E-state index in [4.69, 9.17) is 32.7 Å². The number of halogens is 6. The van der Waals surface area contributed by atoms with Crippen molar-refractivity contribution in [1.29, 1.82) is 0 Å². The summed E-state index contributed by atoms with van der Waals surface area (Å²) in [7, 11) is 1.40. The van der Waals surface area contributed by atoms with Gasteiger partial charge in [-0.25, -0.2) is 4.39 Å².